The van der Waals surface area contributed by atoms with Gasteiger partial charge in [0.15, 0.2) is 0 Å². The Morgan fingerprint density at radius 3 is 2.65 bits per heavy atom. The third kappa shape index (κ3) is 3.05. The molecule has 20 heavy (non-hydrogen) atoms. The van der Waals surface area contributed by atoms with Crippen LogP contribution < -0.4 is 10.2 Å². The van der Waals surface area contributed by atoms with Crippen molar-refractivity contribution < 1.29 is 0 Å². The van der Waals surface area contributed by atoms with Crippen LogP contribution in [0.15, 0.2) is 0 Å². The molecule has 4 nitrogen and oxygen atoms in total. The van der Waals surface area contributed by atoms with Crippen LogP contribution in [0.3, 0.4) is 0 Å². The highest BCUT2D eigenvalue weighted by atomic mass is 15.2. The molecule has 1 fully saturated rings. The van der Waals surface area contributed by atoms with E-state index in [2.05, 4.69) is 42.9 Å². The smallest absolute Gasteiger partial charge is 0.137 e. The Kier molecular flexibility index (Phi) is 4.84. The second-order valence-corrected chi connectivity index (χ2v) is 6.18. The van der Waals surface area contributed by atoms with Gasteiger partial charge in [-0.2, -0.15) is 0 Å². The van der Waals surface area contributed by atoms with Crippen molar-refractivity contribution in [3.8, 4) is 0 Å². The average molecular weight is 276 g/mol. The minimum absolute atomic E-state index is 0.751. The largest absolute Gasteiger partial charge is 0.373 e. The summed E-state index contributed by atoms with van der Waals surface area (Å²) >= 11 is 0. The summed E-state index contributed by atoms with van der Waals surface area (Å²) in [5.74, 6) is 4.62. The first-order valence-corrected chi connectivity index (χ1v) is 7.87. The van der Waals surface area contributed by atoms with Gasteiger partial charge in [0.2, 0.25) is 0 Å². The van der Waals surface area contributed by atoms with Crippen molar-refractivity contribution in [3.05, 3.63) is 11.4 Å². The van der Waals surface area contributed by atoms with E-state index in [0.717, 1.165) is 55.2 Å². The molecule has 1 atom stereocenters. The maximum Gasteiger partial charge on any atom is 0.137 e. The third-order valence-electron chi connectivity index (χ3n) is 4.34. The van der Waals surface area contributed by atoms with Crippen LogP contribution in [0.4, 0.5) is 11.6 Å². The molecule has 1 unspecified atom stereocenters. The van der Waals surface area contributed by atoms with Gasteiger partial charge in [0, 0.05) is 32.1 Å². The number of aryl methyl sites for hydroxylation is 1. The van der Waals surface area contributed by atoms with Crippen LogP contribution in [-0.2, 0) is 6.42 Å². The number of rotatable bonds is 5. The first-order chi connectivity index (χ1) is 9.56. The Morgan fingerprint density at radius 2 is 2.10 bits per heavy atom. The minimum atomic E-state index is 0.751. The van der Waals surface area contributed by atoms with Crippen molar-refractivity contribution >= 4 is 11.6 Å². The highest BCUT2D eigenvalue weighted by Crippen LogP contribution is 2.31. The molecule has 1 aliphatic rings. The van der Waals surface area contributed by atoms with E-state index in [-0.39, 0.29) is 0 Å². The SMILES string of the molecule is CCCc1nc(NC)c(C)c(N2CCC(C(C)C)C2)n1. The number of aromatic nitrogens is 2. The third-order valence-corrected chi connectivity index (χ3v) is 4.34. The number of hydrogen-bond donors (Lipinski definition) is 1. The summed E-state index contributed by atoms with van der Waals surface area (Å²) in [6, 6.07) is 0. The molecule has 0 aliphatic carbocycles. The lowest BCUT2D eigenvalue weighted by Crippen LogP contribution is -2.24. The maximum absolute atomic E-state index is 4.82. The van der Waals surface area contributed by atoms with Gasteiger partial charge in [0.1, 0.15) is 17.5 Å². The molecule has 0 saturated carbocycles. The Morgan fingerprint density at radius 1 is 1.35 bits per heavy atom. The van der Waals surface area contributed by atoms with Crippen LogP contribution in [0.1, 0.15) is 45.0 Å². The molecule has 1 aliphatic heterocycles. The van der Waals surface area contributed by atoms with Gasteiger partial charge >= 0.3 is 0 Å². The number of nitrogens with one attached hydrogen (secondary N) is 1. The summed E-state index contributed by atoms with van der Waals surface area (Å²) < 4.78 is 0. The second-order valence-electron chi connectivity index (χ2n) is 6.18. The van der Waals surface area contributed by atoms with Gasteiger partial charge in [0.05, 0.1) is 0 Å². The molecule has 1 saturated heterocycles. The molecule has 0 aromatic carbocycles. The van der Waals surface area contributed by atoms with Crippen molar-refractivity contribution in [1.29, 1.82) is 0 Å². The highest BCUT2D eigenvalue weighted by Gasteiger charge is 2.27. The molecule has 2 heterocycles. The molecule has 1 N–H and O–H groups in total. The van der Waals surface area contributed by atoms with Gasteiger partial charge in [-0.15, -0.1) is 0 Å². The fraction of sp³-hybridized carbons (Fsp3) is 0.750. The highest BCUT2D eigenvalue weighted by molar-refractivity contribution is 5.59. The van der Waals surface area contributed by atoms with Crippen molar-refractivity contribution in [3.63, 3.8) is 0 Å². The van der Waals surface area contributed by atoms with Crippen LogP contribution in [0.2, 0.25) is 0 Å². The molecule has 0 spiro atoms. The lowest BCUT2D eigenvalue weighted by Gasteiger charge is -2.22. The van der Waals surface area contributed by atoms with Crippen LogP contribution in [0.25, 0.3) is 0 Å². The minimum Gasteiger partial charge on any atom is -0.373 e. The van der Waals surface area contributed by atoms with Crippen LogP contribution in [0.5, 0.6) is 0 Å². The average Bonchev–Trinajstić information content (AvgIpc) is 2.90. The molecule has 1 aromatic rings. The molecule has 0 bridgehead atoms. The zero-order valence-corrected chi connectivity index (χ0v) is 13.5. The predicted octanol–water partition coefficient (Wildman–Crippen LogP) is 3.26. The van der Waals surface area contributed by atoms with Gasteiger partial charge in [-0.25, -0.2) is 9.97 Å². The number of anilines is 2. The quantitative estimate of drug-likeness (QED) is 0.896. The Hall–Kier alpha value is -1.32. The monoisotopic (exact) mass is 276 g/mol. The lowest BCUT2D eigenvalue weighted by atomic mass is 9.95. The standard InChI is InChI=1S/C16H28N4/c1-6-7-14-18-15(17-5)12(4)16(19-14)20-9-8-13(10-20)11(2)3/h11,13H,6-10H2,1-5H3,(H,17,18,19). The van der Waals surface area contributed by atoms with Crippen LogP contribution in [-0.4, -0.2) is 30.1 Å². The van der Waals surface area contributed by atoms with E-state index in [1.807, 2.05) is 7.05 Å². The van der Waals surface area contributed by atoms with Crippen LogP contribution >= 0.6 is 0 Å². The summed E-state index contributed by atoms with van der Waals surface area (Å²) in [7, 11) is 1.94. The van der Waals surface area contributed by atoms with E-state index in [1.165, 1.54) is 12.0 Å². The Balaban J connectivity index is 2.28. The number of hydrogen-bond acceptors (Lipinski definition) is 4. The predicted molar refractivity (Wildman–Crippen MR) is 85.5 cm³/mol. The Bertz CT molecular complexity index is 456. The molecule has 2 rings (SSSR count). The zero-order chi connectivity index (χ0) is 14.7. The summed E-state index contributed by atoms with van der Waals surface area (Å²) in [5, 5.41) is 3.21. The van der Waals surface area contributed by atoms with Crippen molar-refractivity contribution in [2.24, 2.45) is 11.8 Å². The summed E-state index contributed by atoms with van der Waals surface area (Å²) in [4.78, 5) is 11.9. The van der Waals surface area contributed by atoms with Gasteiger partial charge in [0.25, 0.3) is 0 Å². The molecule has 0 amide bonds. The fourth-order valence-corrected chi connectivity index (χ4v) is 2.96. The van der Waals surface area contributed by atoms with Gasteiger partial charge < -0.3 is 10.2 Å². The molecular formula is C16H28N4. The normalized spacial score (nSPS) is 18.9. The second kappa shape index (κ2) is 6.42. The van der Waals surface area contributed by atoms with E-state index in [4.69, 9.17) is 4.98 Å². The van der Waals surface area contributed by atoms with Gasteiger partial charge in [-0.1, -0.05) is 20.8 Å². The molecule has 1 aromatic heterocycles. The zero-order valence-electron chi connectivity index (χ0n) is 13.5. The Labute approximate surface area is 123 Å². The van der Waals surface area contributed by atoms with E-state index in [9.17, 15) is 0 Å². The summed E-state index contributed by atoms with van der Waals surface area (Å²) in [6.45, 7) is 11.2. The molecular weight excluding hydrogens is 248 g/mol. The van der Waals surface area contributed by atoms with Crippen LogP contribution in [0, 0.1) is 18.8 Å². The first kappa shape index (κ1) is 15.1. The summed E-state index contributed by atoms with van der Waals surface area (Å²) in [6.07, 6.45) is 3.31. The molecule has 4 heteroatoms. The summed E-state index contributed by atoms with van der Waals surface area (Å²) in [5.41, 5.74) is 1.18. The van der Waals surface area contributed by atoms with E-state index in [0.29, 0.717) is 0 Å². The maximum atomic E-state index is 4.82. The van der Waals surface area contributed by atoms with Gasteiger partial charge in [-0.3, -0.25) is 0 Å². The van der Waals surface area contributed by atoms with E-state index < -0.39 is 0 Å². The molecule has 112 valence electrons. The van der Waals surface area contributed by atoms with Gasteiger partial charge in [-0.05, 0) is 31.6 Å². The van der Waals surface area contributed by atoms with E-state index >= 15 is 0 Å². The van der Waals surface area contributed by atoms with Crippen molar-refractivity contribution in [2.75, 3.05) is 30.4 Å². The van der Waals surface area contributed by atoms with Crippen molar-refractivity contribution in [1.82, 2.24) is 9.97 Å². The number of nitrogens with zero attached hydrogens (tertiary/aromatic N) is 3. The lowest BCUT2D eigenvalue weighted by molar-refractivity contribution is 0.422. The van der Waals surface area contributed by atoms with E-state index in [1.54, 1.807) is 0 Å². The fourth-order valence-electron chi connectivity index (χ4n) is 2.96. The topological polar surface area (TPSA) is 41.1 Å². The molecule has 0 radical (unpaired) electrons. The first-order valence-electron chi connectivity index (χ1n) is 7.87. The van der Waals surface area contributed by atoms with Crippen molar-refractivity contribution in [2.45, 2.75) is 47.0 Å².